The number of aryl methyl sites for hydroxylation is 1. The number of rotatable bonds is 3. The zero-order chi connectivity index (χ0) is 20.5. The van der Waals surface area contributed by atoms with Crippen molar-refractivity contribution in [1.82, 2.24) is 19.7 Å². The van der Waals surface area contributed by atoms with Crippen molar-refractivity contribution in [3.8, 4) is 17.7 Å². The van der Waals surface area contributed by atoms with E-state index < -0.39 is 0 Å². The summed E-state index contributed by atoms with van der Waals surface area (Å²) in [5.41, 5.74) is 9.80. The molecule has 144 valence electrons. The molecule has 3 N–H and O–H groups in total. The lowest BCUT2D eigenvalue weighted by atomic mass is 10.00. The van der Waals surface area contributed by atoms with Gasteiger partial charge in [0.25, 0.3) is 0 Å². The summed E-state index contributed by atoms with van der Waals surface area (Å²) in [6.45, 7) is 3.50. The van der Waals surface area contributed by atoms with Crippen LogP contribution in [0.2, 0.25) is 0 Å². The van der Waals surface area contributed by atoms with Gasteiger partial charge in [0, 0.05) is 54.0 Å². The Balaban J connectivity index is 0.000000994. The minimum Gasteiger partial charge on any atom is -0.398 e. The van der Waals surface area contributed by atoms with E-state index in [4.69, 9.17) is 11.0 Å². The van der Waals surface area contributed by atoms with Gasteiger partial charge < -0.3 is 11.1 Å². The van der Waals surface area contributed by atoms with Gasteiger partial charge in [-0.15, -0.1) is 0 Å². The number of carbonyl (C=O) groups is 1. The van der Waals surface area contributed by atoms with Gasteiger partial charge >= 0.3 is 0 Å². The molecular weight excluding hydrogens is 366 g/mol. The van der Waals surface area contributed by atoms with Crippen molar-refractivity contribution < 1.29 is 4.79 Å². The van der Waals surface area contributed by atoms with E-state index in [1.807, 2.05) is 37.6 Å². The van der Waals surface area contributed by atoms with E-state index in [-0.39, 0.29) is 11.8 Å². The summed E-state index contributed by atoms with van der Waals surface area (Å²) in [4.78, 5) is 20.7. The first kappa shape index (κ1) is 18.4. The van der Waals surface area contributed by atoms with Gasteiger partial charge in [0.2, 0.25) is 5.91 Å². The number of nitrogens with two attached hydrogens (primary N) is 1. The maximum atomic E-state index is 12.0. The highest BCUT2D eigenvalue weighted by Crippen LogP contribution is 2.34. The summed E-state index contributed by atoms with van der Waals surface area (Å²) in [6, 6.07) is 5.84. The number of pyridine rings is 2. The van der Waals surface area contributed by atoms with Crippen LogP contribution in [0.4, 0.5) is 11.5 Å². The van der Waals surface area contributed by atoms with Crippen LogP contribution in [0.3, 0.4) is 0 Å². The Morgan fingerprint density at radius 1 is 1.17 bits per heavy atom. The Morgan fingerprint density at radius 2 is 1.97 bits per heavy atom. The standard InChI is InChI=1S/C20H18N6O.CHN/c1-26-18-10-22-7-14(16(18)9-24-26)12-4-13-6-19(25-20(27)11-2-3-11)23-8-15(13)17(21)5-12;1-2/h4-11H,2-3,21H2,1H3,(H,23,25,27);1H. The lowest BCUT2D eigenvalue weighted by molar-refractivity contribution is -0.117. The largest absolute Gasteiger partial charge is 0.398 e. The van der Waals surface area contributed by atoms with Crippen LogP contribution in [-0.4, -0.2) is 25.7 Å². The highest BCUT2D eigenvalue weighted by molar-refractivity contribution is 6.02. The van der Waals surface area contributed by atoms with E-state index in [9.17, 15) is 4.79 Å². The fourth-order valence-electron chi connectivity index (χ4n) is 3.37. The highest BCUT2D eigenvalue weighted by Gasteiger charge is 2.29. The quantitative estimate of drug-likeness (QED) is 0.522. The molecule has 1 aliphatic carbocycles. The molecule has 0 saturated heterocycles. The van der Waals surface area contributed by atoms with Crippen molar-refractivity contribution in [2.24, 2.45) is 13.0 Å². The molecule has 4 aromatic rings. The molecule has 0 radical (unpaired) electrons. The second-order valence-corrected chi connectivity index (χ2v) is 7.01. The summed E-state index contributed by atoms with van der Waals surface area (Å²) in [6.07, 6.45) is 9.07. The molecule has 5 rings (SSSR count). The van der Waals surface area contributed by atoms with Crippen LogP contribution < -0.4 is 11.1 Å². The second-order valence-electron chi connectivity index (χ2n) is 7.01. The van der Waals surface area contributed by atoms with Crippen LogP contribution >= 0.6 is 0 Å². The zero-order valence-electron chi connectivity index (χ0n) is 15.8. The molecule has 8 heteroatoms. The second kappa shape index (κ2) is 7.20. The van der Waals surface area contributed by atoms with Crippen molar-refractivity contribution in [1.29, 1.82) is 5.26 Å². The molecule has 0 aliphatic heterocycles. The smallest absolute Gasteiger partial charge is 0.228 e. The number of aromatic nitrogens is 4. The number of anilines is 2. The number of fused-ring (bicyclic) bond motifs is 2. The first-order valence-corrected chi connectivity index (χ1v) is 9.12. The van der Waals surface area contributed by atoms with Gasteiger partial charge in [-0.05, 0) is 42.0 Å². The van der Waals surface area contributed by atoms with Gasteiger partial charge in [0.1, 0.15) is 5.82 Å². The van der Waals surface area contributed by atoms with Crippen LogP contribution in [-0.2, 0) is 11.8 Å². The van der Waals surface area contributed by atoms with Gasteiger partial charge in [-0.1, -0.05) is 0 Å². The normalized spacial score (nSPS) is 13.1. The third kappa shape index (κ3) is 3.34. The molecule has 0 atom stereocenters. The van der Waals surface area contributed by atoms with Crippen molar-refractivity contribution in [3.05, 3.63) is 43.0 Å². The van der Waals surface area contributed by atoms with Crippen LogP contribution in [0, 0.1) is 17.8 Å². The van der Waals surface area contributed by atoms with Crippen LogP contribution in [0.1, 0.15) is 12.8 Å². The number of nitriles is 1. The minimum absolute atomic E-state index is 0.0373. The number of carbonyl (C=O) groups excluding carboxylic acids is 1. The molecule has 1 aromatic carbocycles. The number of nitrogens with one attached hydrogen (secondary N) is 1. The summed E-state index contributed by atoms with van der Waals surface area (Å²) in [5, 5.41) is 16.5. The molecular formula is C21H19N7O. The Labute approximate surface area is 167 Å². The molecule has 1 aliphatic rings. The molecule has 0 spiro atoms. The van der Waals surface area contributed by atoms with Gasteiger partial charge in [-0.25, -0.2) is 10.2 Å². The van der Waals surface area contributed by atoms with Crippen molar-refractivity contribution in [2.75, 3.05) is 11.1 Å². The molecule has 1 amide bonds. The van der Waals surface area contributed by atoms with Crippen LogP contribution in [0.15, 0.2) is 43.0 Å². The lowest BCUT2D eigenvalue weighted by Gasteiger charge is -2.10. The molecule has 1 saturated carbocycles. The first-order valence-electron chi connectivity index (χ1n) is 9.12. The molecule has 1 fully saturated rings. The summed E-state index contributed by atoms with van der Waals surface area (Å²) in [7, 11) is 1.89. The van der Waals surface area contributed by atoms with Gasteiger partial charge in [0.15, 0.2) is 0 Å². The fourth-order valence-corrected chi connectivity index (χ4v) is 3.37. The summed E-state index contributed by atoms with van der Waals surface area (Å²) < 4.78 is 1.80. The van der Waals surface area contributed by atoms with E-state index in [0.717, 1.165) is 45.6 Å². The topological polar surface area (TPSA) is 123 Å². The third-order valence-electron chi connectivity index (χ3n) is 5.05. The molecule has 0 bridgehead atoms. The average molecular weight is 385 g/mol. The maximum absolute atomic E-state index is 12.0. The van der Waals surface area contributed by atoms with Crippen molar-refractivity contribution >= 4 is 39.1 Å². The fraction of sp³-hybridized carbons (Fsp3) is 0.190. The molecule has 8 nitrogen and oxygen atoms in total. The monoisotopic (exact) mass is 385 g/mol. The summed E-state index contributed by atoms with van der Waals surface area (Å²) >= 11 is 0. The number of hydrogen-bond donors (Lipinski definition) is 2. The number of nitrogen functional groups attached to an aromatic ring is 1. The Morgan fingerprint density at radius 3 is 2.72 bits per heavy atom. The van der Waals surface area contributed by atoms with E-state index in [0.29, 0.717) is 11.5 Å². The Kier molecular flexibility index (Phi) is 4.56. The lowest BCUT2D eigenvalue weighted by Crippen LogP contribution is -2.14. The average Bonchev–Trinajstić information content (AvgIpc) is 3.52. The zero-order valence-corrected chi connectivity index (χ0v) is 15.8. The number of nitrogens with zero attached hydrogens (tertiary/aromatic N) is 5. The Bertz CT molecular complexity index is 1250. The number of amides is 1. The van der Waals surface area contributed by atoms with Crippen LogP contribution in [0.5, 0.6) is 0 Å². The minimum atomic E-state index is 0.0373. The molecule has 3 heterocycles. The van der Waals surface area contributed by atoms with Crippen molar-refractivity contribution in [2.45, 2.75) is 12.8 Å². The number of hydrogen-bond acceptors (Lipinski definition) is 6. The summed E-state index contributed by atoms with van der Waals surface area (Å²) in [5.74, 6) is 0.720. The molecule has 3 aromatic heterocycles. The van der Waals surface area contributed by atoms with E-state index in [1.165, 1.54) is 0 Å². The first-order chi connectivity index (χ1) is 14.1. The maximum Gasteiger partial charge on any atom is 0.228 e. The predicted octanol–water partition coefficient (Wildman–Crippen LogP) is 3.25. The molecule has 29 heavy (non-hydrogen) atoms. The molecule has 0 unspecified atom stereocenters. The predicted molar refractivity (Wildman–Crippen MR) is 112 cm³/mol. The van der Waals surface area contributed by atoms with Crippen molar-refractivity contribution in [3.63, 3.8) is 0 Å². The van der Waals surface area contributed by atoms with E-state index in [2.05, 4.69) is 27.0 Å². The van der Waals surface area contributed by atoms with Gasteiger partial charge in [-0.2, -0.15) is 5.10 Å². The SMILES string of the molecule is C#N.Cn1ncc2c(-c3cc(N)c4cnc(NC(=O)C5CC5)cc4c3)cncc21. The van der Waals surface area contributed by atoms with E-state index >= 15 is 0 Å². The third-order valence-corrected chi connectivity index (χ3v) is 5.05. The van der Waals surface area contributed by atoms with E-state index in [1.54, 1.807) is 17.1 Å². The number of benzene rings is 1. The Hall–Kier alpha value is -3.99. The van der Waals surface area contributed by atoms with Gasteiger partial charge in [0.05, 0.1) is 17.9 Å². The highest BCUT2D eigenvalue weighted by atomic mass is 16.2. The van der Waals surface area contributed by atoms with Gasteiger partial charge in [-0.3, -0.25) is 14.5 Å². The van der Waals surface area contributed by atoms with Crippen LogP contribution in [0.25, 0.3) is 32.8 Å².